The molecule has 4 rings (SSSR count). The van der Waals surface area contributed by atoms with Gasteiger partial charge in [-0.2, -0.15) is 0 Å². The number of amides is 3. The minimum absolute atomic E-state index is 0.199. The maximum absolute atomic E-state index is 12.9. The summed E-state index contributed by atoms with van der Waals surface area (Å²) in [7, 11) is 0. The number of hydrogen-bond acceptors (Lipinski definition) is 5. The van der Waals surface area contributed by atoms with Gasteiger partial charge in [-0.15, -0.1) is 0 Å². The van der Waals surface area contributed by atoms with Crippen molar-refractivity contribution in [1.29, 1.82) is 0 Å². The molecule has 7 nitrogen and oxygen atoms in total. The summed E-state index contributed by atoms with van der Waals surface area (Å²) < 4.78 is 4.94. The molecule has 1 N–H and O–H groups in total. The van der Waals surface area contributed by atoms with E-state index in [0.717, 1.165) is 4.90 Å². The topological polar surface area (TPSA) is 92.8 Å². The number of carbonyl (C=O) groups is 4. The first kappa shape index (κ1) is 20.0. The summed E-state index contributed by atoms with van der Waals surface area (Å²) in [4.78, 5) is 51.0. The lowest BCUT2D eigenvalue weighted by atomic mass is 10.1. The summed E-state index contributed by atoms with van der Waals surface area (Å²) in [5.41, 5.74) is 2.01. The Kier molecular flexibility index (Phi) is 5.32. The number of carbonyl (C=O) groups excluding carboxylic acids is 4. The van der Waals surface area contributed by atoms with E-state index in [-0.39, 0.29) is 23.6 Å². The Balaban J connectivity index is 1.57. The van der Waals surface area contributed by atoms with Crippen LogP contribution in [0, 0.1) is 0 Å². The molecule has 31 heavy (non-hydrogen) atoms. The summed E-state index contributed by atoms with van der Waals surface area (Å²) in [6.45, 7) is 1.96. The standard InChI is InChI=1S/C24H18N2O5/c1-2-31-24(30)16-8-11-18(12-9-16)26-22(28)19-13-10-17(14-20(19)23(26)29)25-21(27)15-6-4-3-5-7-15/h3-14H,2H2,1H3,(H,25,27). The van der Waals surface area contributed by atoms with Crippen LogP contribution in [-0.4, -0.2) is 30.3 Å². The molecule has 0 radical (unpaired) electrons. The first-order chi connectivity index (χ1) is 15.0. The summed E-state index contributed by atoms with van der Waals surface area (Å²) in [5.74, 6) is -1.76. The minimum Gasteiger partial charge on any atom is -0.462 e. The summed E-state index contributed by atoms with van der Waals surface area (Å²) in [6.07, 6.45) is 0. The molecule has 0 aliphatic carbocycles. The van der Waals surface area contributed by atoms with Crippen molar-refractivity contribution >= 4 is 35.1 Å². The molecule has 0 bridgehead atoms. The van der Waals surface area contributed by atoms with Crippen molar-refractivity contribution in [2.24, 2.45) is 0 Å². The minimum atomic E-state index is -0.500. The van der Waals surface area contributed by atoms with Crippen LogP contribution in [0.2, 0.25) is 0 Å². The van der Waals surface area contributed by atoms with Gasteiger partial charge in [0, 0.05) is 11.3 Å². The Labute approximate surface area is 178 Å². The molecule has 3 aromatic carbocycles. The van der Waals surface area contributed by atoms with E-state index >= 15 is 0 Å². The lowest BCUT2D eigenvalue weighted by Gasteiger charge is -2.14. The van der Waals surface area contributed by atoms with Gasteiger partial charge in [-0.3, -0.25) is 14.4 Å². The predicted molar refractivity (Wildman–Crippen MR) is 114 cm³/mol. The number of fused-ring (bicyclic) bond motifs is 1. The molecule has 154 valence electrons. The van der Waals surface area contributed by atoms with Crippen LogP contribution < -0.4 is 10.2 Å². The molecule has 1 aliphatic rings. The van der Waals surface area contributed by atoms with E-state index in [4.69, 9.17) is 4.74 Å². The fourth-order valence-corrected chi connectivity index (χ4v) is 3.31. The lowest BCUT2D eigenvalue weighted by molar-refractivity contribution is 0.0526. The van der Waals surface area contributed by atoms with Gasteiger partial charge in [-0.1, -0.05) is 18.2 Å². The first-order valence-electron chi connectivity index (χ1n) is 9.66. The normalized spacial score (nSPS) is 12.5. The Bertz CT molecular complexity index is 1190. The number of anilines is 2. The highest BCUT2D eigenvalue weighted by molar-refractivity contribution is 6.34. The number of benzene rings is 3. The Morgan fingerprint density at radius 1 is 0.839 bits per heavy atom. The number of nitrogens with zero attached hydrogens (tertiary/aromatic N) is 1. The number of esters is 1. The molecule has 0 aromatic heterocycles. The van der Waals surface area contributed by atoms with Crippen LogP contribution in [0.15, 0.2) is 72.8 Å². The van der Waals surface area contributed by atoms with Crippen LogP contribution in [0.25, 0.3) is 0 Å². The van der Waals surface area contributed by atoms with E-state index in [1.165, 1.54) is 36.4 Å². The summed E-state index contributed by atoms with van der Waals surface area (Å²) >= 11 is 0. The third kappa shape index (κ3) is 3.81. The van der Waals surface area contributed by atoms with Gasteiger partial charge in [0.25, 0.3) is 17.7 Å². The van der Waals surface area contributed by atoms with E-state index < -0.39 is 17.8 Å². The zero-order chi connectivity index (χ0) is 22.0. The Morgan fingerprint density at radius 2 is 1.52 bits per heavy atom. The Hall–Kier alpha value is -4.26. The van der Waals surface area contributed by atoms with Crippen molar-refractivity contribution in [3.8, 4) is 0 Å². The molecular weight excluding hydrogens is 396 g/mol. The van der Waals surface area contributed by atoms with Crippen molar-refractivity contribution in [2.45, 2.75) is 6.92 Å². The van der Waals surface area contributed by atoms with E-state index in [1.807, 2.05) is 6.07 Å². The second-order valence-corrected chi connectivity index (χ2v) is 6.79. The third-order valence-corrected chi connectivity index (χ3v) is 4.82. The van der Waals surface area contributed by atoms with Crippen LogP contribution in [-0.2, 0) is 4.74 Å². The zero-order valence-electron chi connectivity index (χ0n) is 16.6. The second-order valence-electron chi connectivity index (χ2n) is 6.79. The van der Waals surface area contributed by atoms with Crippen molar-refractivity contribution in [1.82, 2.24) is 0 Å². The highest BCUT2D eigenvalue weighted by Crippen LogP contribution is 2.30. The maximum atomic E-state index is 12.9. The fraction of sp³-hybridized carbons (Fsp3) is 0.0833. The number of hydrogen-bond donors (Lipinski definition) is 1. The van der Waals surface area contributed by atoms with Gasteiger partial charge in [0.05, 0.1) is 29.0 Å². The molecule has 1 aliphatic heterocycles. The zero-order valence-corrected chi connectivity index (χ0v) is 16.6. The molecule has 0 unspecified atom stereocenters. The molecule has 0 atom stereocenters. The first-order valence-corrected chi connectivity index (χ1v) is 9.66. The largest absolute Gasteiger partial charge is 0.462 e. The van der Waals surface area contributed by atoms with Crippen molar-refractivity contribution in [3.05, 3.63) is 95.1 Å². The van der Waals surface area contributed by atoms with Crippen LogP contribution in [0.3, 0.4) is 0 Å². The lowest BCUT2D eigenvalue weighted by Crippen LogP contribution is -2.29. The number of ether oxygens (including phenoxy) is 1. The third-order valence-electron chi connectivity index (χ3n) is 4.82. The molecule has 3 aromatic rings. The summed E-state index contributed by atoms with van der Waals surface area (Å²) in [5, 5.41) is 2.74. The predicted octanol–water partition coefficient (Wildman–Crippen LogP) is 3.92. The maximum Gasteiger partial charge on any atom is 0.338 e. The summed E-state index contributed by atoms with van der Waals surface area (Å²) in [6, 6.07) is 19.3. The van der Waals surface area contributed by atoms with Gasteiger partial charge in [-0.25, -0.2) is 9.69 Å². The van der Waals surface area contributed by atoms with E-state index in [1.54, 1.807) is 37.3 Å². The van der Waals surface area contributed by atoms with Gasteiger partial charge in [0.1, 0.15) is 0 Å². The highest BCUT2D eigenvalue weighted by Gasteiger charge is 2.37. The average molecular weight is 414 g/mol. The van der Waals surface area contributed by atoms with E-state index in [9.17, 15) is 19.2 Å². The molecule has 1 heterocycles. The molecule has 0 spiro atoms. The molecule has 0 saturated carbocycles. The van der Waals surface area contributed by atoms with Gasteiger partial charge >= 0.3 is 5.97 Å². The number of nitrogens with one attached hydrogen (secondary N) is 1. The monoisotopic (exact) mass is 414 g/mol. The SMILES string of the molecule is CCOC(=O)c1ccc(N2C(=O)c3ccc(NC(=O)c4ccccc4)cc3C2=O)cc1. The fourth-order valence-electron chi connectivity index (χ4n) is 3.31. The van der Waals surface area contributed by atoms with Gasteiger partial charge in [0.15, 0.2) is 0 Å². The molecule has 7 heteroatoms. The van der Waals surface area contributed by atoms with E-state index in [0.29, 0.717) is 22.5 Å². The van der Waals surface area contributed by atoms with Crippen LogP contribution >= 0.6 is 0 Å². The average Bonchev–Trinajstić information content (AvgIpc) is 3.04. The van der Waals surface area contributed by atoms with Crippen molar-refractivity contribution in [2.75, 3.05) is 16.8 Å². The molecule has 0 fully saturated rings. The number of imide groups is 1. The van der Waals surface area contributed by atoms with Crippen molar-refractivity contribution < 1.29 is 23.9 Å². The van der Waals surface area contributed by atoms with Gasteiger partial charge < -0.3 is 10.1 Å². The molecule has 0 saturated heterocycles. The molecular formula is C24H18N2O5. The molecule has 3 amide bonds. The van der Waals surface area contributed by atoms with Crippen LogP contribution in [0.1, 0.15) is 48.4 Å². The van der Waals surface area contributed by atoms with Gasteiger partial charge in [-0.05, 0) is 61.5 Å². The number of rotatable bonds is 5. The second kappa shape index (κ2) is 8.23. The van der Waals surface area contributed by atoms with Gasteiger partial charge in [0.2, 0.25) is 0 Å². The Morgan fingerprint density at radius 3 is 2.19 bits per heavy atom. The van der Waals surface area contributed by atoms with E-state index in [2.05, 4.69) is 5.32 Å². The van der Waals surface area contributed by atoms with Crippen LogP contribution in [0.5, 0.6) is 0 Å². The van der Waals surface area contributed by atoms with Crippen LogP contribution in [0.4, 0.5) is 11.4 Å². The smallest absolute Gasteiger partial charge is 0.338 e. The van der Waals surface area contributed by atoms with Crippen molar-refractivity contribution in [3.63, 3.8) is 0 Å². The quantitative estimate of drug-likeness (QED) is 0.505. The highest BCUT2D eigenvalue weighted by atomic mass is 16.5.